The Bertz CT molecular complexity index is 374. The van der Waals surface area contributed by atoms with Gasteiger partial charge < -0.3 is 15.0 Å². The number of rotatable bonds is 3. The van der Waals surface area contributed by atoms with Crippen LogP contribution >= 0.6 is 12.4 Å². The van der Waals surface area contributed by atoms with E-state index in [2.05, 4.69) is 17.3 Å². The van der Waals surface area contributed by atoms with Crippen molar-refractivity contribution in [2.45, 2.75) is 69.9 Å². The second kappa shape index (κ2) is 7.47. The van der Waals surface area contributed by atoms with E-state index in [0.29, 0.717) is 24.7 Å². The molecule has 3 aliphatic heterocycles. The molecule has 5 nitrogen and oxygen atoms in total. The lowest BCUT2D eigenvalue weighted by molar-refractivity contribution is -0.144. The Kier molecular flexibility index (Phi) is 6.11. The Morgan fingerprint density at radius 2 is 1.73 bits per heavy atom. The van der Waals surface area contributed by atoms with Gasteiger partial charge in [-0.1, -0.05) is 0 Å². The van der Waals surface area contributed by atoms with Gasteiger partial charge in [-0.3, -0.25) is 9.69 Å². The number of nitrogens with zero attached hydrogens (tertiary/aromatic N) is 2. The van der Waals surface area contributed by atoms with E-state index in [-0.39, 0.29) is 30.5 Å². The average Bonchev–Trinajstić information content (AvgIpc) is 2.76. The lowest BCUT2D eigenvalue weighted by Crippen LogP contribution is -2.53. The fourth-order valence-electron chi connectivity index (χ4n) is 4.21. The summed E-state index contributed by atoms with van der Waals surface area (Å²) in [6.45, 7) is 6.10. The van der Waals surface area contributed by atoms with Crippen molar-refractivity contribution < 1.29 is 9.53 Å². The normalized spacial score (nSPS) is 38.0. The van der Waals surface area contributed by atoms with Gasteiger partial charge in [0.05, 0.1) is 18.8 Å². The van der Waals surface area contributed by atoms with E-state index in [0.717, 1.165) is 13.1 Å². The molecule has 2 bridgehead atoms. The molecular formula is C16H30ClN3O2. The number of amides is 1. The molecule has 0 radical (unpaired) electrons. The Morgan fingerprint density at radius 3 is 2.27 bits per heavy atom. The van der Waals surface area contributed by atoms with Crippen molar-refractivity contribution >= 4 is 18.3 Å². The predicted octanol–water partition coefficient (Wildman–Crippen LogP) is 1.26. The molecule has 3 fully saturated rings. The maximum Gasteiger partial charge on any atom is 0.236 e. The van der Waals surface area contributed by atoms with Gasteiger partial charge in [0.2, 0.25) is 5.91 Å². The van der Waals surface area contributed by atoms with Crippen LogP contribution in [0.15, 0.2) is 0 Å². The smallest absolute Gasteiger partial charge is 0.236 e. The maximum atomic E-state index is 12.5. The monoisotopic (exact) mass is 331 g/mol. The number of ether oxygens (including phenoxy) is 1. The van der Waals surface area contributed by atoms with E-state index >= 15 is 0 Å². The number of hydrogen-bond acceptors (Lipinski definition) is 4. The molecule has 0 aliphatic carbocycles. The largest absolute Gasteiger partial charge is 0.372 e. The molecule has 0 saturated carbocycles. The van der Waals surface area contributed by atoms with Crippen LogP contribution in [-0.2, 0) is 9.53 Å². The van der Waals surface area contributed by atoms with Crippen molar-refractivity contribution in [2.24, 2.45) is 0 Å². The fraction of sp³-hybridized carbons (Fsp3) is 0.938. The quantitative estimate of drug-likeness (QED) is 0.845. The van der Waals surface area contributed by atoms with Crippen molar-refractivity contribution in [1.29, 1.82) is 0 Å². The first-order valence-electron chi connectivity index (χ1n) is 8.40. The molecule has 6 heteroatoms. The summed E-state index contributed by atoms with van der Waals surface area (Å²) >= 11 is 0. The lowest BCUT2D eigenvalue weighted by atomic mass is 9.98. The zero-order chi connectivity index (χ0) is 15.0. The number of carbonyl (C=O) groups is 1. The third-order valence-electron chi connectivity index (χ3n) is 5.23. The molecule has 3 aliphatic rings. The summed E-state index contributed by atoms with van der Waals surface area (Å²) in [5, 5.41) is 3.66. The average molecular weight is 332 g/mol. The van der Waals surface area contributed by atoms with Crippen molar-refractivity contribution in [3.63, 3.8) is 0 Å². The highest BCUT2D eigenvalue weighted by atomic mass is 35.5. The first kappa shape index (κ1) is 18.0. The minimum absolute atomic E-state index is 0. The van der Waals surface area contributed by atoms with Gasteiger partial charge in [-0.05, 0) is 46.6 Å². The Balaban J connectivity index is 0.00000176. The van der Waals surface area contributed by atoms with Crippen molar-refractivity contribution in [3.05, 3.63) is 0 Å². The van der Waals surface area contributed by atoms with Crippen LogP contribution in [0.5, 0.6) is 0 Å². The molecule has 128 valence electrons. The number of piperidine rings is 1. The minimum Gasteiger partial charge on any atom is -0.372 e. The van der Waals surface area contributed by atoms with Crippen LogP contribution in [0.25, 0.3) is 0 Å². The molecule has 0 aromatic carbocycles. The molecule has 3 rings (SSSR count). The van der Waals surface area contributed by atoms with Gasteiger partial charge in [0.25, 0.3) is 0 Å². The zero-order valence-electron chi connectivity index (χ0n) is 14.0. The van der Waals surface area contributed by atoms with Crippen LogP contribution in [0.1, 0.15) is 39.5 Å². The fourth-order valence-corrected chi connectivity index (χ4v) is 4.21. The summed E-state index contributed by atoms with van der Waals surface area (Å²) in [7, 11) is 2.11. The second-order valence-corrected chi connectivity index (χ2v) is 7.23. The van der Waals surface area contributed by atoms with Crippen molar-refractivity contribution in [3.8, 4) is 0 Å². The number of fused-ring (bicyclic) bond motifs is 2. The molecule has 0 aromatic rings. The minimum atomic E-state index is 0. The van der Waals surface area contributed by atoms with Gasteiger partial charge in [0.1, 0.15) is 0 Å². The number of morpholine rings is 1. The third-order valence-corrected chi connectivity index (χ3v) is 5.23. The topological polar surface area (TPSA) is 44.8 Å². The van der Waals surface area contributed by atoms with Crippen LogP contribution in [0.4, 0.5) is 0 Å². The summed E-state index contributed by atoms with van der Waals surface area (Å²) in [4.78, 5) is 16.8. The van der Waals surface area contributed by atoms with E-state index < -0.39 is 0 Å². The molecule has 1 amide bonds. The molecule has 3 heterocycles. The first-order valence-corrected chi connectivity index (χ1v) is 8.40. The van der Waals surface area contributed by atoms with Crippen molar-refractivity contribution in [1.82, 2.24) is 15.1 Å². The first-order chi connectivity index (χ1) is 10.0. The van der Waals surface area contributed by atoms with Gasteiger partial charge in [-0.15, -0.1) is 12.4 Å². The highest BCUT2D eigenvalue weighted by Gasteiger charge is 2.36. The Hall–Kier alpha value is -0.360. The lowest BCUT2D eigenvalue weighted by Gasteiger charge is -2.38. The molecular weight excluding hydrogens is 302 g/mol. The highest BCUT2D eigenvalue weighted by Crippen LogP contribution is 2.29. The Labute approximate surface area is 140 Å². The molecule has 22 heavy (non-hydrogen) atoms. The van der Waals surface area contributed by atoms with E-state index in [1.54, 1.807) is 0 Å². The predicted molar refractivity (Wildman–Crippen MR) is 89.4 cm³/mol. The second-order valence-electron chi connectivity index (χ2n) is 7.23. The van der Waals surface area contributed by atoms with Gasteiger partial charge in [0, 0.05) is 31.2 Å². The van der Waals surface area contributed by atoms with Crippen molar-refractivity contribution in [2.75, 3.05) is 26.7 Å². The van der Waals surface area contributed by atoms with E-state index in [1.807, 2.05) is 18.7 Å². The molecule has 3 saturated heterocycles. The van der Waals surface area contributed by atoms with Crippen LogP contribution in [0.3, 0.4) is 0 Å². The van der Waals surface area contributed by atoms with E-state index in [9.17, 15) is 4.79 Å². The maximum absolute atomic E-state index is 12.5. The number of halogens is 1. The van der Waals surface area contributed by atoms with Gasteiger partial charge >= 0.3 is 0 Å². The number of hydrogen-bond donors (Lipinski definition) is 1. The highest BCUT2D eigenvalue weighted by molar-refractivity contribution is 5.85. The molecule has 4 atom stereocenters. The number of nitrogens with one attached hydrogen (secondary N) is 1. The molecule has 4 unspecified atom stereocenters. The van der Waals surface area contributed by atoms with E-state index in [4.69, 9.17) is 4.74 Å². The Morgan fingerprint density at radius 1 is 1.18 bits per heavy atom. The summed E-state index contributed by atoms with van der Waals surface area (Å²) in [5.41, 5.74) is 0. The summed E-state index contributed by atoms with van der Waals surface area (Å²) in [6, 6.07) is 1.91. The summed E-state index contributed by atoms with van der Waals surface area (Å²) in [6.07, 6.45) is 5.30. The number of carbonyl (C=O) groups excluding carboxylic acids is 1. The summed E-state index contributed by atoms with van der Waals surface area (Å²) in [5.74, 6) is 0.255. The van der Waals surface area contributed by atoms with E-state index in [1.165, 1.54) is 25.7 Å². The SMILES string of the molecule is CC1CN(C(=O)CN(C)C2CC3CCC(C2)N3)CC(C)O1.Cl. The van der Waals surface area contributed by atoms with Gasteiger partial charge in [0.15, 0.2) is 0 Å². The van der Waals surface area contributed by atoms with Gasteiger partial charge in [-0.25, -0.2) is 0 Å². The summed E-state index contributed by atoms with van der Waals surface area (Å²) < 4.78 is 5.71. The molecule has 0 aromatic heterocycles. The van der Waals surface area contributed by atoms with Crippen LogP contribution in [0.2, 0.25) is 0 Å². The number of likely N-dealkylation sites (N-methyl/N-ethyl adjacent to an activating group) is 1. The zero-order valence-corrected chi connectivity index (χ0v) is 14.8. The third kappa shape index (κ3) is 4.13. The van der Waals surface area contributed by atoms with Crippen LogP contribution in [-0.4, -0.2) is 72.7 Å². The molecule has 1 N–H and O–H groups in total. The molecule has 0 spiro atoms. The van der Waals surface area contributed by atoms with Crippen LogP contribution in [0, 0.1) is 0 Å². The standard InChI is InChI=1S/C16H29N3O2.ClH/c1-11-8-19(9-12(2)21-11)16(20)10-18(3)15-6-13-4-5-14(7-15)17-13;/h11-15,17H,4-10H2,1-3H3;1H. The van der Waals surface area contributed by atoms with Crippen LogP contribution < -0.4 is 5.32 Å². The van der Waals surface area contributed by atoms with Gasteiger partial charge in [-0.2, -0.15) is 0 Å².